The molecule has 0 rings (SSSR count). The van der Waals surface area contributed by atoms with Gasteiger partial charge in [-0.1, -0.05) is 0 Å². The maximum absolute atomic E-state index is 7.33. The average molecular weight is 174 g/mol. The average Bonchev–Trinajstić information content (AvgIpc) is 0.722. The van der Waals surface area contributed by atoms with E-state index in [4.69, 9.17) is 19.2 Å². The van der Waals surface area contributed by atoms with Crippen LogP contribution in [0.25, 0.3) is 0 Å². The molecular weight excluding hydrogens is 163 g/mol. The van der Waals surface area contributed by atoms with Crippen molar-refractivity contribution in [3.63, 3.8) is 0 Å². The molecule has 0 aromatic heterocycles. The zero-order chi connectivity index (χ0) is 4.50. The molecule has 0 aliphatic rings. The smallest absolute Gasteiger partial charge is 1.00 e. The van der Waals surface area contributed by atoms with Gasteiger partial charge in [0.2, 0.25) is 0 Å². The molecule has 0 atom stereocenters. The van der Waals surface area contributed by atoms with Gasteiger partial charge in [0.15, 0.2) is 0 Å². The zero-order valence-electron chi connectivity index (χ0n) is 5.79. The summed E-state index contributed by atoms with van der Waals surface area (Å²) >= 11 is 0. The van der Waals surface area contributed by atoms with Crippen molar-refractivity contribution in [1.29, 1.82) is 0 Å². The van der Waals surface area contributed by atoms with E-state index in [2.05, 4.69) is 0 Å². The molecule has 0 aromatic carbocycles. The van der Waals surface area contributed by atoms with Crippen LogP contribution in [0.5, 0.6) is 0 Å². The molecular formula is H11NaO7Si. The van der Waals surface area contributed by atoms with Gasteiger partial charge in [0, 0.05) is 0 Å². The Labute approximate surface area is 75.8 Å². The Kier molecular flexibility index (Phi) is 42.3. The topological polar surface area (TPSA) is 175 Å². The first kappa shape index (κ1) is 32.6. The van der Waals surface area contributed by atoms with Crippen LogP contribution in [-0.4, -0.2) is 44.7 Å². The fraction of sp³-hybridized carbons (Fsp3) is 0. The molecule has 0 bridgehead atoms. The molecule has 0 aliphatic heterocycles. The SMILES string of the molecule is O.O.O.O[Si](O)(O)O.[H-].[Na+]. The second-order valence-electron chi connectivity index (χ2n) is 0.600. The molecule has 0 unspecified atom stereocenters. The van der Waals surface area contributed by atoms with Gasteiger partial charge in [-0.05, 0) is 0 Å². The summed E-state index contributed by atoms with van der Waals surface area (Å²) in [6.45, 7) is 0. The van der Waals surface area contributed by atoms with Crippen molar-refractivity contribution in [3.8, 4) is 0 Å². The van der Waals surface area contributed by atoms with Gasteiger partial charge in [0.1, 0.15) is 0 Å². The van der Waals surface area contributed by atoms with Gasteiger partial charge in [-0.25, -0.2) is 0 Å². The van der Waals surface area contributed by atoms with Crippen LogP contribution in [-0.2, 0) is 0 Å². The van der Waals surface area contributed by atoms with Crippen LogP contribution < -0.4 is 29.6 Å². The van der Waals surface area contributed by atoms with E-state index in [0.717, 1.165) is 0 Å². The normalized spacial score (nSPS) is 6.67. The Morgan fingerprint density at radius 1 is 0.778 bits per heavy atom. The van der Waals surface area contributed by atoms with Crippen LogP contribution in [0.2, 0.25) is 0 Å². The van der Waals surface area contributed by atoms with Crippen molar-refractivity contribution in [2.45, 2.75) is 0 Å². The largest absolute Gasteiger partial charge is 1.00 e. The second kappa shape index (κ2) is 11.7. The van der Waals surface area contributed by atoms with E-state index in [1.807, 2.05) is 0 Å². The van der Waals surface area contributed by atoms with Crippen molar-refractivity contribution >= 4 is 9.05 Å². The van der Waals surface area contributed by atoms with Crippen molar-refractivity contribution < 1.29 is 66.6 Å². The third-order valence-electron chi connectivity index (χ3n) is 0. The summed E-state index contributed by atoms with van der Waals surface area (Å²) in [6.07, 6.45) is 0. The fourth-order valence-electron chi connectivity index (χ4n) is 0. The summed E-state index contributed by atoms with van der Waals surface area (Å²) in [5, 5.41) is 0. The van der Waals surface area contributed by atoms with Crippen LogP contribution in [0, 0.1) is 0 Å². The molecule has 0 heterocycles. The van der Waals surface area contributed by atoms with Crippen LogP contribution in [0.15, 0.2) is 0 Å². The minimum atomic E-state index is -4.61. The van der Waals surface area contributed by atoms with Crippen molar-refractivity contribution in [1.82, 2.24) is 0 Å². The number of hydrogen-bond donors (Lipinski definition) is 4. The van der Waals surface area contributed by atoms with E-state index in [1.54, 1.807) is 0 Å². The molecule has 0 saturated heterocycles. The van der Waals surface area contributed by atoms with Crippen molar-refractivity contribution in [3.05, 3.63) is 0 Å². The first-order valence-electron chi connectivity index (χ1n) is 0.894. The van der Waals surface area contributed by atoms with Crippen LogP contribution in [0.4, 0.5) is 0 Å². The van der Waals surface area contributed by atoms with Gasteiger partial charge < -0.3 is 37.0 Å². The van der Waals surface area contributed by atoms with E-state index >= 15 is 0 Å². The predicted octanol–water partition coefficient (Wildman–Crippen LogP) is -7.97. The van der Waals surface area contributed by atoms with Crippen LogP contribution in [0.1, 0.15) is 1.43 Å². The minimum absolute atomic E-state index is 0. The molecule has 58 valence electrons. The molecule has 0 fully saturated rings. The summed E-state index contributed by atoms with van der Waals surface area (Å²) in [5.74, 6) is 0. The van der Waals surface area contributed by atoms with E-state index in [0.29, 0.717) is 0 Å². The molecule has 0 amide bonds. The van der Waals surface area contributed by atoms with E-state index in [1.165, 1.54) is 0 Å². The summed E-state index contributed by atoms with van der Waals surface area (Å²) in [5.41, 5.74) is 0. The zero-order valence-corrected chi connectivity index (χ0v) is 7.79. The molecule has 10 N–H and O–H groups in total. The Hall–Kier alpha value is 0.937. The van der Waals surface area contributed by atoms with Crippen molar-refractivity contribution in [2.75, 3.05) is 0 Å². The Bertz CT molecular complexity index is 29.1. The summed E-state index contributed by atoms with van der Waals surface area (Å²) in [7, 11) is -4.61. The van der Waals surface area contributed by atoms with E-state index in [-0.39, 0.29) is 47.4 Å². The first-order chi connectivity index (χ1) is 2.00. The fourth-order valence-corrected chi connectivity index (χ4v) is 0. The predicted molar refractivity (Wildman–Crippen MR) is 26.6 cm³/mol. The third-order valence-corrected chi connectivity index (χ3v) is 0. The Morgan fingerprint density at radius 2 is 0.778 bits per heavy atom. The Morgan fingerprint density at radius 3 is 0.778 bits per heavy atom. The second-order valence-corrected chi connectivity index (χ2v) is 1.80. The quantitative estimate of drug-likeness (QED) is 0.267. The molecule has 9 heavy (non-hydrogen) atoms. The number of hydrogen-bond acceptors (Lipinski definition) is 4. The first-order valence-corrected chi connectivity index (χ1v) is 2.68. The molecule has 0 spiro atoms. The minimum Gasteiger partial charge on any atom is -1.00 e. The molecule has 9 heteroatoms. The summed E-state index contributed by atoms with van der Waals surface area (Å²) < 4.78 is 0. The van der Waals surface area contributed by atoms with Gasteiger partial charge in [0.05, 0.1) is 0 Å². The van der Waals surface area contributed by atoms with Gasteiger partial charge in [0.25, 0.3) is 0 Å². The maximum atomic E-state index is 7.33. The van der Waals surface area contributed by atoms with Gasteiger partial charge in [-0.15, -0.1) is 0 Å². The van der Waals surface area contributed by atoms with Crippen molar-refractivity contribution in [2.24, 2.45) is 0 Å². The van der Waals surface area contributed by atoms with Gasteiger partial charge in [-0.2, -0.15) is 0 Å². The summed E-state index contributed by atoms with van der Waals surface area (Å²) in [4.78, 5) is 29.3. The number of rotatable bonds is 0. The van der Waals surface area contributed by atoms with Crippen LogP contribution >= 0.6 is 0 Å². The molecule has 7 nitrogen and oxygen atoms in total. The third kappa shape index (κ3) is 490. The van der Waals surface area contributed by atoms with E-state index in [9.17, 15) is 0 Å². The molecule has 0 saturated carbocycles. The Balaban J connectivity index is -0.00000000800. The summed E-state index contributed by atoms with van der Waals surface area (Å²) in [6, 6.07) is 0. The van der Waals surface area contributed by atoms with E-state index < -0.39 is 9.05 Å². The maximum Gasteiger partial charge on any atom is 1.00 e. The molecule has 0 aromatic rings. The van der Waals surface area contributed by atoms with Gasteiger partial charge in [-0.3, -0.25) is 0 Å². The standard InChI is InChI=1S/Na.H4O4Si.3H2O.H/c;1-5(2,3)4;;;;/h;1-4H;3*1H2;/q+1;;;;;-1. The molecule has 0 aliphatic carbocycles. The van der Waals surface area contributed by atoms with Crippen LogP contribution in [0.3, 0.4) is 0 Å². The molecule has 0 radical (unpaired) electrons. The van der Waals surface area contributed by atoms with Gasteiger partial charge >= 0.3 is 38.6 Å². The monoisotopic (exact) mass is 174 g/mol.